The Hall–Kier alpha value is -2.46. The number of hydrogen-bond donors (Lipinski definition) is 0. The van der Waals surface area contributed by atoms with Crippen molar-refractivity contribution >= 4 is 17.4 Å². The number of hydrogen-bond acceptors (Lipinski definition) is 5. The van der Waals surface area contributed by atoms with Gasteiger partial charge in [0.25, 0.3) is 0 Å². The number of methoxy groups -OCH3 is 1. The Labute approximate surface area is 155 Å². The molecule has 3 rings (SSSR count). The van der Waals surface area contributed by atoms with Gasteiger partial charge in [0.15, 0.2) is 0 Å². The summed E-state index contributed by atoms with van der Waals surface area (Å²) in [7, 11) is 1.33. The number of aromatic nitrogens is 2. The van der Waals surface area contributed by atoms with Crippen molar-refractivity contribution in [1.29, 1.82) is 5.26 Å². The zero-order valence-electron chi connectivity index (χ0n) is 14.4. The second-order valence-electron chi connectivity index (χ2n) is 6.28. The van der Waals surface area contributed by atoms with E-state index >= 15 is 0 Å². The number of ether oxygens (including phenoxy) is 1. The van der Waals surface area contributed by atoms with E-state index in [0.717, 1.165) is 25.0 Å². The van der Waals surface area contributed by atoms with Crippen LogP contribution in [0.25, 0.3) is 11.1 Å². The van der Waals surface area contributed by atoms with Gasteiger partial charge in [-0.2, -0.15) is 5.26 Å². The molecule has 0 bridgehead atoms. The van der Waals surface area contributed by atoms with Gasteiger partial charge in [0.1, 0.15) is 34.4 Å². The summed E-state index contributed by atoms with van der Waals surface area (Å²) in [6.45, 7) is 3.46. The van der Waals surface area contributed by atoms with E-state index in [2.05, 4.69) is 16.9 Å². The van der Waals surface area contributed by atoms with Gasteiger partial charge in [0, 0.05) is 25.2 Å². The van der Waals surface area contributed by atoms with E-state index in [9.17, 15) is 8.78 Å². The number of nitriles is 1. The SMILES string of the molecule is COc1cc(F)c(-c2c(Cl)nc(C#N)nc2N2CCC(C)CC2)c(F)c1. The van der Waals surface area contributed by atoms with Crippen LogP contribution in [-0.2, 0) is 0 Å². The Morgan fingerprint density at radius 2 is 1.81 bits per heavy atom. The predicted octanol–water partition coefficient (Wildman–Crippen LogP) is 4.19. The van der Waals surface area contributed by atoms with E-state index < -0.39 is 11.6 Å². The van der Waals surface area contributed by atoms with E-state index in [-0.39, 0.29) is 33.7 Å². The van der Waals surface area contributed by atoms with Gasteiger partial charge in [-0.25, -0.2) is 18.7 Å². The van der Waals surface area contributed by atoms with Crippen LogP contribution in [0.15, 0.2) is 12.1 Å². The van der Waals surface area contributed by atoms with Crippen molar-refractivity contribution in [2.45, 2.75) is 19.8 Å². The molecule has 0 saturated carbocycles. The minimum atomic E-state index is -0.830. The number of benzene rings is 1. The second-order valence-corrected chi connectivity index (χ2v) is 6.64. The normalized spacial score (nSPS) is 15.0. The molecule has 26 heavy (non-hydrogen) atoms. The van der Waals surface area contributed by atoms with Gasteiger partial charge in [-0.1, -0.05) is 18.5 Å². The molecule has 1 aliphatic rings. The molecule has 136 valence electrons. The Balaban J connectivity index is 2.20. The largest absolute Gasteiger partial charge is 0.497 e. The van der Waals surface area contributed by atoms with Crippen LogP contribution in [0.5, 0.6) is 5.75 Å². The highest BCUT2D eigenvalue weighted by atomic mass is 35.5. The van der Waals surface area contributed by atoms with E-state index in [0.29, 0.717) is 19.0 Å². The first kappa shape index (κ1) is 18.3. The van der Waals surface area contributed by atoms with Crippen LogP contribution in [-0.4, -0.2) is 30.2 Å². The van der Waals surface area contributed by atoms with Crippen molar-refractivity contribution in [3.63, 3.8) is 0 Å². The van der Waals surface area contributed by atoms with Crippen molar-refractivity contribution < 1.29 is 13.5 Å². The number of halogens is 3. The molecule has 1 fully saturated rings. The molecule has 0 spiro atoms. The summed E-state index contributed by atoms with van der Waals surface area (Å²) >= 11 is 6.22. The average Bonchev–Trinajstić information content (AvgIpc) is 2.62. The van der Waals surface area contributed by atoms with Gasteiger partial charge in [-0.3, -0.25) is 0 Å². The molecule has 0 aliphatic carbocycles. The van der Waals surface area contributed by atoms with Crippen LogP contribution in [0, 0.1) is 28.9 Å². The summed E-state index contributed by atoms with van der Waals surface area (Å²) in [5, 5.41) is 8.99. The zero-order valence-corrected chi connectivity index (χ0v) is 15.1. The summed E-state index contributed by atoms with van der Waals surface area (Å²) < 4.78 is 34.2. The van der Waals surface area contributed by atoms with E-state index in [1.54, 1.807) is 0 Å². The molecule has 0 atom stereocenters. The van der Waals surface area contributed by atoms with E-state index in [4.69, 9.17) is 21.6 Å². The lowest BCUT2D eigenvalue weighted by molar-refractivity contribution is 0.407. The van der Waals surface area contributed by atoms with Gasteiger partial charge in [0.2, 0.25) is 5.82 Å². The van der Waals surface area contributed by atoms with Crippen molar-refractivity contribution in [2.75, 3.05) is 25.1 Å². The van der Waals surface area contributed by atoms with Gasteiger partial charge in [0.05, 0.1) is 18.2 Å². The maximum atomic E-state index is 14.6. The lowest BCUT2D eigenvalue weighted by Gasteiger charge is -2.32. The highest BCUT2D eigenvalue weighted by Gasteiger charge is 2.27. The smallest absolute Gasteiger partial charge is 0.235 e. The van der Waals surface area contributed by atoms with Crippen molar-refractivity contribution in [3.8, 4) is 22.9 Å². The predicted molar refractivity (Wildman–Crippen MR) is 94.3 cm³/mol. The summed E-state index contributed by atoms with van der Waals surface area (Å²) in [5.41, 5.74) is -0.271. The maximum Gasteiger partial charge on any atom is 0.235 e. The third-order valence-corrected chi connectivity index (χ3v) is 4.80. The molecular formula is C18H17ClF2N4O. The van der Waals surface area contributed by atoms with Gasteiger partial charge in [-0.15, -0.1) is 0 Å². The fourth-order valence-electron chi connectivity index (χ4n) is 3.04. The van der Waals surface area contributed by atoms with Crippen LogP contribution in [0.3, 0.4) is 0 Å². The Bertz CT molecular complexity index is 853. The molecular weight excluding hydrogens is 362 g/mol. The summed E-state index contributed by atoms with van der Waals surface area (Å²) in [6.07, 6.45) is 1.83. The van der Waals surface area contributed by atoms with Crippen LogP contribution in [0.1, 0.15) is 25.6 Å². The van der Waals surface area contributed by atoms with Gasteiger partial charge >= 0.3 is 0 Å². The topological polar surface area (TPSA) is 62.0 Å². The monoisotopic (exact) mass is 378 g/mol. The fourth-order valence-corrected chi connectivity index (χ4v) is 3.30. The Kier molecular flexibility index (Phi) is 5.23. The quantitative estimate of drug-likeness (QED) is 0.749. The van der Waals surface area contributed by atoms with Crippen LogP contribution >= 0.6 is 11.6 Å². The van der Waals surface area contributed by atoms with E-state index in [1.807, 2.05) is 11.0 Å². The molecule has 5 nitrogen and oxygen atoms in total. The first-order chi connectivity index (χ1) is 12.4. The average molecular weight is 379 g/mol. The molecule has 1 aromatic heterocycles. The minimum Gasteiger partial charge on any atom is -0.497 e. The Morgan fingerprint density at radius 1 is 1.19 bits per heavy atom. The molecule has 0 amide bonds. The number of nitrogens with zero attached hydrogens (tertiary/aromatic N) is 4. The lowest BCUT2D eigenvalue weighted by atomic mass is 9.98. The molecule has 1 aromatic carbocycles. The summed E-state index contributed by atoms with van der Waals surface area (Å²) in [6, 6.07) is 4.00. The molecule has 0 unspecified atom stereocenters. The molecule has 0 N–H and O–H groups in total. The van der Waals surface area contributed by atoms with Crippen molar-refractivity contribution in [1.82, 2.24) is 9.97 Å². The Morgan fingerprint density at radius 3 is 2.35 bits per heavy atom. The zero-order chi connectivity index (χ0) is 18.8. The van der Waals surface area contributed by atoms with Crippen LogP contribution in [0.2, 0.25) is 5.15 Å². The summed E-state index contributed by atoms with van der Waals surface area (Å²) in [4.78, 5) is 9.97. The third-order valence-electron chi connectivity index (χ3n) is 4.53. The van der Waals surface area contributed by atoms with Crippen molar-refractivity contribution in [2.24, 2.45) is 5.92 Å². The third kappa shape index (κ3) is 3.42. The van der Waals surface area contributed by atoms with Crippen LogP contribution < -0.4 is 9.64 Å². The number of rotatable bonds is 3. The number of piperidine rings is 1. The second kappa shape index (κ2) is 7.42. The lowest BCUT2D eigenvalue weighted by Crippen LogP contribution is -2.34. The molecule has 1 aliphatic heterocycles. The number of anilines is 1. The molecule has 0 radical (unpaired) electrons. The summed E-state index contributed by atoms with van der Waals surface area (Å²) in [5.74, 6) is -0.912. The molecule has 8 heteroatoms. The minimum absolute atomic E-state index is 0.0536. The van der Waals surface area contributed by atoms with Crippen molar-refractivity contribution in [3.05, 3.63) is 34.7 Å². The maximum absolute atomic E-state index is 14.6. The molecule has 2 aromatic rings. The van der Waals surface area contributed by atoms with E-state index in [1.165, 1.54) is 7.11 Å². The first-order valence-corrected chi connectivity index (χ1v) is 8.58. The fraction of sp³-hybridized carbons (Fsp3) is 0.389. The molecule has 2 heterocycles. The van der Waals surface area contributed by atoms with Gasteiger partial charge < -0.3 is 9.64 Å². The standard InChI is InChI=1S/C18H17ClF2N4O/c1-10-3-5-25(6-4-10)18-16(17(19)23-14(9-22)24-18)15-12(20)7-11(26-2)8-13(15)21/h7-8,10H,3-6H2,1-2H3. The highest BCUT2D eigenvalue weighted by molar-refractivity contribution is 6.32. The highest BCUT2D eigenvalue weighted by Crippen LogP contribution is 2.40. The van der Waals surface area contributed by atoms with Gasteiger partial charge in [-0.05, 0) is 18.8 Å². The van der Waals surface area contributed by atoms with Crippen LogP contribution in [0.4, 0.5) is 14.6 Å². The first-order valence-electron chi connectivity index (χ1n) is 8.20. The molecule has 1 saturated heterocycles.